The Labute approximate surface area is 194 Å². The molecule has 0 unspecified atom stereocenters. The molecule has 4 nitrogen and oxygen atoms in total. The van der Waals surface area contributed by atoms with Crippen LogP contribution in [0.5, 0.6) is 0 Å². The highest BCUT2D eigenvalue weighted by molar-refractivity contribution is 8.04. The van der Waals surface area contributed by atoms with Gasteiger partial charge in [-0.05, 0) is 59.7 Å². The van der Waals surface area contributed by atoms with Crippen LogP contribution in [0.3, 0.4) is 0 Å². The molecule has 2 amide bonds. The van der Waals surface area contributed by atoms with Crippen molar-refractivity contribution in [1.29, 1.82) is 0 Å². The molecule has 156 valence electrons. The van der Waals surface area contributed by atoms with Gasteiger partial charge < -0.3 is 10.2 Å². The maximum atomic E-state index is 12.9. The number of rotatable bonds is 4. The molecule has 1 aliphatic heterocycles. The fourth-order valence-corrected chi connectivity index (χ4v) is 4.59. The van der Waals surface area contributed by atoms with Gasteiger partial charge in [0.25, 0.3) is 11.8 Å². The minimum absolute atomic E-state index is 0.129. The number of benzene rings is 3. The van der Waals surface area contributed by atoms with Gasteiger partial charge in [0.2, 0.25) is 0 Å². The lowest BCUT2D eigenvalue weighted by Gasteiger charge is -2.27. The van der Waals surface area contributed by atoms with Crippen LogP contribution >= 0.6 is 35.0 Å². The number of hydrogen-bond donors (Lipinski definition) is 1. The van der Waals surface area contributed by atoms with E-state index < -0.39 is 0 Å². The molecule has 0 spiro atoms. The minimum atomic E-state index is -0.205. The summed E-state index contributed by atoms with van der Waals surface area (Å²) in [5, 5.41) is 4.17. The van der Waals surface area contributed by atoms with E-state index in [0.717, 1.165) is 16.0 Å². The Morgan fingerprint density at radius 2 is 1.81 bits per heavy atom. The van der Waals surface area contributed by atoms with Crippen molar-refractivity contribution in [1.82, 2.24) is 5.32 Å². The molecule has 31 heavy (non-hydrogen) atoms. The van der Waals surface area contributed by atoms with Crippen LogP contribution in [0.4, 0.5) is 5.69 Å². The number of carbonyl (C=O) groups is 2. The summed E-state index contributed by atoms with van der Waals surface area (Å²) in [7, 11) is 1.71. The Hall–Kier alpha value is -2.73. The van der Waals surface area contributed by atoms with E-state index in [0.29, 0.717) is 32.7 Å². The van der Waals surface area contributed by atoms with E-state index in [2.05, 4.69) is 5.32 Å². The number of hydrogen-bond acceptors (Lipinski definition) is 3. The van der Waals surface area contributed by atoms with Gasteiger partial charge in [-0.25, -0.2) is 0 Å². The smallest absolute Gasteiger partial charge is 0.264 e. The molecule has 1 heterocycles. The van der Waals surface area contributed by atoms with Gasteiger partial charge in [0.15, 0.2) is 0 Å². The molecule has 0 aliphatic carbocycles. The van der Waals surface area contributed by atoms with E-state index >= 15 is 0 Å². The highest BCUT2D eigenvalue weighted by Gasteiger charge is 2.27. The van der Waals surface area contributed by atoms with Crippen molar-refractivity contribution in [2.24, 2.45) is 0 Å². The molecule has 0 atom stereocenters. The zero-order valence-electron chi connectivity index (χ0n) is 16.6. The topological polar surface area (TPSA) is 49.4 Å². The van der Waals surface area contributed by atoms with Gasteiger partial charge in [-0.2, -0.15) is 0 Å². The third-order valence-electron chi connectivity index (χ3n) is 4.83. The zero-order valence-corrected chi connectivity index (χ0v) is 18.9. The summed E-state index contributed by atoms with van der Waals surface area (Å²) in [5.41, 5.74) is 3.01. The lowest BCUT2D eigenvalue weighted by Crippen LogP contribution is -2.31. The summed E-state index contributed by atoms with van der Waals surface area (Å²) in [6.07, 6.45) is 1.82. The predicted octanol–water partition coefficient (Wildman–Crippen LogP) is 6.03. The van der Waals surface area contributed by atoms with Crippen molar-refractivity contribution < 1.29 is 9.59 Å². The Bertz CT molecular complexity index is 1190. The minimum Gasteiger partial charge on any atom is -0.348 e. The first-order valence-corrected chi connectivity index (χ1v) is 11.1. The van der Waals surface area contributed by atoms with Gasteiger partial charge in [0.1, 0.15) is 0 Å². The van der Waals surface area contributed by atoms with Crippen LogP contribution in [0.2, 0.25) is 10.0 Å². The fraction of sp³-hybridized carbons (Fsp3) is 0.0833. The van der Waals surface area contributed by atoms with Gasteiger partial charge in [-0.3, -0.25) is 9.59 Å². The average Bonchev–Trinajstić information content (AvgIpc) is 2.76. The van der Waals surface area contributed by atoms with E-state index in [9.17, 15) is 9.59 Å². The number of anilines is 1. The molecule has 1 aliphatic rings. The second kappa shape index (κ2) is 9.18. The molecule has 4 rings (SSSR count). The zero-order chi connectivity index (χ0) is 22.0. The third kappa shape index (κ3) is 4.96. The van der Waals surface area contributed by atoms with Crippen molar-refractivity contribution in [2.45, 2.75) is 11.4 Å². The maximum absolute atomic E-state index is 12.9. The van der Waals surface area contributed by atoms with Crippen molar-refractivity contribution in [3.8, 4) is 0 Å². The van der Waals surface area contributed by atoms with E-state index in [1.54, 1.807) is 42.3 Å². The molecule has 0 saturated heterocycles. The number of fused-ring (bicyclic) bond motifs is 1. The third-order valence-corrected chi connectivity index (χ3v) is 6.40. The van der Waals surface area contributed by atoms with Crippen LogP contribution in [0.1, 0.15) is 21.5 Å². The normalized spacial score (nSPS) is 14.5. The van der Waals surface area contributed by atoms with E-state index in [-0.39, 0.29) is 11.8 Å². The SMILES string of the molecule is CN1C(=O)/C(=C/c2cccc(Cl)c2)Sc2ccc(C(=O)NCc3ccc(Cl)cc3)cc21. The quantitative estimate of drug-likeness (QED) is 0.475. The van der Waals surface area contributed by atoms with E-state index in [1.165, 1.54) is 11.8 Å². The first kappa shape index (κ1) is 21.5. The molecule has 7 heteroatoms. The molecular weight excluding hydrogens is 451 g/mol. The standard InChI is InChI=1S/C24H18Cl2N2O2S/c1-28-20-13-17(23(29)27-14-15-5-8-18(25)9-6-15)7-10-21(20)31-22(24(28)30)12-16-3-2-4-19(26)11-16/h2-13H,14H2,1H3,(H,27,29)/b22-12-. The summed E-state index contributed by atoms with van der Waals surface area (Å²) in [6.45, 7) is 0.392. The molecule has 0 bridgehead atoms. The van der Waals surface area contributed by atoms with Gasteiger partial charge in [-0.1, -0.05) is 59.2 Å². The van der Waals surface area contributed by atoms with Crippen LogP contribution in [0.25, 0.3) is 6.08 Å². The number of amides is 2. The maximum Gasteiger partial charge on any atom is 0.264 e. The van der Waals surface area contributed by atoms with E-state index in [4.69, 9.17) is 23.2 Å². The van der Waals surface area contributed by atoms with Crippen LogP contribution in [0, 0.1) is 0 Å². The Morgan fingerprint density at radius 3 is 2.55 bits per heavy atom. The molecule has 0 saturated carbocycles. The molecule has 0 aromatic heterocycles. The first-order valence-electron chi connectivity index (χ1n) is 9.50. The summed E-state index contributed by atoms with van der Waals surface area (Å²) in [5.74, 6) is -0.333. The Kier molecular flexibility index (Phi) is 6.37. The number of likely N-dealkylation sites (N-methyl/N-ethyl adjacent to an activating group) is 1. The molecule has 1 N–H and O–H groups in total. The molecule has 3 aromatic rings. The molecule has 0 radical (unpaired) electrons. The lowest BCUT2D eigenvalue weighted by atomic mass is 10.1. The van der Waals surface area contributed by atoms with Gasteiger partial charge in [0, 0.05) is 34.1 Å². The number of nitrogens with one attached hydrogen (secondary N) is 1. The Balaban J connectivity index is 1.53. The first-order chi connectivity index (χ1) is 14.9. The van der Waals surface area contributed by atoms with Gasteiger partial charge >= 0.3 is 0 Å². The Morgan fingerprint density at radius 1 is 1.03 bits per heavy atom. The molecule has 0 fully saturated rings. The van der Waals surface area contributed by atoms with Crippen molar-refractivity contribution in [3.05, 3.63) is 98.4 Å². The second-order valence-corrected chi connectivity index (χ2v) is 8.98. The van der Waals surface area contributed by atoms with E-state index in [1.807, 2.05) is 42.5 Å². The fourth-order valence-electron chi connectivity index (χ4n) is 3.17. The van der Waals surface area contributed by atoms with Crippen LogP contribution in [-0.4, -0.2) is 18.9 Å². The summed E-state index contributed by atoms with van der Waals surface area (Å²) < 4.78 is 0. The molecular formula is C24H18Cl2N2O2S. The average molecular weight is 469 g/mol. The van der Waals surface area contributed by atoms with Crippen LogP contribution in [0.15, 0.2) is 76.5 Å². The van der Waals surface area contributed by atoms with Crippen LogP contribution in [-0.2, 0) is 11.3 Å². The van der Waals surface area contributed by atoms with Crippen molar-refractivity contribution >= 4 is 58.5 Å². The predicted molar refractivity (Wildman–Crippen MR) is 128 cm³/mol. The number of thioether (sulfide) groups is 1. The largest absolute Gasteiger partial charge is 0.348 e. The number of nitrogens with zero attached hydrogens (tertiary/aromatic N) is 1. The highest BCUT2D eigenvalue weighted by Crippen LogP contribution is 2.42. The number of halogens is 2. The highest BCUT2D eigenvalue weighted by atomic mass is 35.5. The summed E-state index contributed by atoms with van der Waals surface area (Å²) in [4.78, 5) is 28.6. The van der Waals surface area contributed by atoms with Crippen LogP contribution < -0.4 is 10.2 Å². The lowest BCUT2D eigenvalue weighted by molar-refractivity contribution is -0.114. The van der Waals surface area contributed by atoms with Crippen molar-refractivity contribution in [3.63, 3.8) is 0 Å². The second-order valence-electron chi connectivity index (χ2n) is 7.02. The van der Waals surface area contributed by atoms with Crippen molar-refractivity contribution in [2.75, 3.05) is 11.9 Å². The monoisotopic (exact) mass is 468 g/mol. The summed E-state index contributed by atoms with van der Waals surface area (Å²) >= 11 is 13.3. The van der Waals surface area contributed by atoms with Gasteiger partial charge in [-0.15, -0.1) is 0 Å². The van der Waals surface area contributed by atoms with Gasteiger partial charge in [0.05, 0.1) is 10.6 Å². The number of carbonyl (C=O) groups excluding carboxylic acids is 2. The molecule has 3 aromatic carbocycles. The summed E-state index contributed by atoms with van der Waals surface area (Å²) in [6, 6.07) is 20.0.